The zero-order valence-electron chi connectivity index (χ0n) is 16.5. The van der Waals surface area contributed by atoms with Crippen molar-refractivity contribution in [3.8, 4) is 0 Å². The Labute approximate surface area is 168 Å². The standard InChI is InChI=1S/C19H30N2O8/c1-7-4-5-10(20-18-16(26)14(24)12(22)8(2)28-18)6-11(7)21-19-17(27)15(25)13(23)9(3)29-19/h4-6,8-9,12-27H,1-3H3/t8-,9-,12+,13+,14+,15+,16+,17+,18-,19-/m1/s1. The Balaban J connectivity index is 1.73. The fourth-order valence-electron chi connectivity index (χ4n) is 3.53. The van der Waals surface area contributed by atoms with E-state index in [-0.39, 0.29) is 0 Å². The summed E-state index contributed by atoms with van der Waals surface area (Å²) in [6.45, 7) is 5.03. The van der Waals surface area contributed by atoms with Crippen molar-refractivity contribution in [1.29, 1.82) is 0 Å². The zero-order chi connectivity index (χ0) is 21.5. The summed E-state index contributed by atoms with van der Waals surface area (Å²) < 4.78 is 11.1. The summed E-state index contributed by atoms with van der Waals surface area (Å²) >= 11 is 0. The minimum atomic E-state index is -1.35. The summed E-state index contributed by atoms with van der Waals surface area (Å²) in [5, 5.41) is 65.9. The molecule has 164 valence electrons. The van der Waals surface area contributed by atoms with E-state index in [1.54, 1.807) is 32.0 Å². The molecule has 0 saturated carbocycles. The maximum absolute atomic E-state index is 10.2. The maximum Gasteiger partial charge on any atom is 0.157 e. The molecule has 1 aromatic rings. The first-order valence-corrected chi connectivity index (χ1v) is 9.63. The number of benzene rings is 1. The molecule has 10 atom stereocenters. The Hall–Kier alpha value is -1.50. The van der Waals surface area contributed by atoms with Crippen molar-refractivity contribution < 1.29 is 40.1 Å². The van der Waals surface area contributed by atoms with Crippen LogP contribution < -0.4 is 10.6 Å². The molecule has 2 fully saturated rings. The van der Waals surface area contributed by atoms with E-state index < -0.39 is 61.3 Å². The second-order valence-electron chi connectivity index (χ2n) is 7.79. The lowest BCUT2D eigenvalue weighted by atomic mass is 9.98. The van der Waals surface area contributed by atoms with Gasteiger partial charge in [0, 0.05) is 11.4 Å². The first-order chi connectivity index (χ1) is 13.6. The van der Waals surface area contributed by atoms with Gasteiger partial charge in [0.25, 0.3) is 0 Å². The van der Waals surface area contributed by atoms with E-state index in [9.17, 15) is 30.6 Å². The van der Waals surface area contributed by atoms with Gasteiger partial charge in [0.05, 0.1) is 12.2 Å². The molecular formula is C19H30N2O8. The number of nitrogens with one attached hydrogen (secondary N) is 2. The lowest BCUT2D eigenvalue weighted by molar-refractivity contribution is -0.209. The lowest BCUT2D eigenvalue weighted by Gasteiger charge is -2.40. The van der Waals surface area contributed by atoms with E-state index in [1.165, 1.54) is 0 Å². The molecule has 8 N–H and O–H groups in total. The molecule has 1 aromatic carbocycles. The number of ether oxygens (including phenoxy) is 2. The fourth-order valence-corrected chi connectivity index (χ4v) is 3.53. The third kappa shape index (κ3) is 4.49. The lowest BCUT2D eigenvalue weighted by Crippen LogP contribution is -2.59. The normalized spacial score (nSPS) is 43.1. The molecule has 2 aliphatic heterocycles. The molecule has 0 aliphatic carbocycles. The number of aliphatic hydroxyl groups is 6. The largest absolute Gasteiger partial charge is 0.388 e. The Bertz CT molecular complexity index is 707. The summed E-state index contributed by atoms with van der Waals surface area (Å²) in [4.78, 5) is 0. The molecule has 0 amide bonds. The van der Waals surface area contributed by atoms with Crippen LogP contribution in [0.3, 0.4) is 0 Å². The minimum absolute atomic E-state index is 0.553. The van der Waals surface area contributed by atoms with E-state index in [4.69, 9.17) is 9.47 Å². The third-order valence-corrected chi connectivity index (χ3v) is 5.55. The summed E-state index contributed by atoms with van der Waals surface area (Å²) in [6, 6.07) is 5.24. The van der Waals surface area contributed by atoms with Gasteiger partial charge in [-0.3, -0.25) is 0 Å². The van der Waals surface area contributed by atoms with Gasteiger partial charge in [0.1, 0.15) is 36.6 Å². The van der Waals surface area contributed by atoms with Crippen molar-refractivity contribution in [1.82, 2.24) is 0 Å². The molecule has 2 heterocycles. The summed E-state index contributed by atoms with van der Waals surface area (Å²) in [6.07, 6.45) is -11.0. The molecular weight excluding hydrogens is 384 g/mol. The van der Waals surface area contributed by atoms with E-state index in [0.29, 0.717) is 11.4 Å². The van der Waals surface area contributed by atoms with Crippen LogP contribution in [0, 0.1) is 6.92 Å². The van der Waals surface area contributed by atoms with Crippen LogP contribution >= 0.6 is 0 Å². The van der Waals surface area contributed by atoms with Crippen LogP contribution in [0.4, 0.5) is 11.4 Å². The number of rotatable bonds is 4. The number of hydrogen-bond donors (Lipinski definition) is 8. The molecule has 10 nitrogen and oxygen atoms in total. The highest BCUT2D eigenvalue weighted by Gasteiger charge is 2.43. The van der Waals surface area contributed by atoms with E-state index in [1.807, 2.05) is 6.92 Å². The van der Waals surface area contributed by atoms with Gasteiger partial charge >= 0.3 is 0 Å². The highest BCUT2D eigenvalue weighted by Crippen LogP contribution is 2.28. The molecule has 29 heavy (non-hydrogen) atoms. The average molecular weight is 414 g/mol. The van der Waals surface area contributed by atoms with Gasteiger partial charge in [-0.15, -0.1) is 0 Å². The predicted octanol–water partition coefficient (Wildman–Crippen LogP) is -1.53. The van der Waals surface area contributed by atoms with Crippen molar-refractivity contribution >= 4 is 11.4 Å². The van der Waals surface area contributed by atoms with Gasteiger partial charge in [0.2, 0.25) is 0 Å². The molecule has 0 radical (unpaired) electrons. The van der Waals surface area contributed by atoms with E-state index in [0.717, 1.165) is 5.56 Å². The van der Waals surface area contributed by atoms with Crippen LogP contribution in [0.5, 0.6) is 0 Å². The van der Waals surface area contributed by atoms with Crippen LogP contribution in [-0.2, 0) is 9.47 Å². The fraction of sp³-hybridized carbons (Fsp3) is 0.684. The van der Waals surface area contributed by atoms with E-state index >= 15 is 0 Å². The first-order valence-electron chi connectivity index (χ1n) is 9.63. The summed E-state index contributed by atoms with van der Waals surface area (Å²) in [7, 11) is 0. The van der Waals surface area contributed by atoms with Gasteiger partial charge < -0.3 is 50.7 Å². The maximum atomic E-state index is 10.2. The van der Waals surface area contributed by atoms with Crippen LogP contribution in [0.1, 0.15) is 19.4 Å². The second kappa shape index (κ2) is 8.70. The van der Waals surface area contributed by atoms with E-state index in [2.05, 4.69) is 10.6 Å². The zero-order valence-corrected chi connectivity index (χ0v) is 16.5. The van der Waals surface area contributed by atoms with Crippen molar-refractivity contribution in [3.63, 3.8) is 0 Å². The second-order valence-corrected chi connectivity index (χ2v) is 7.79. The van der Waals surface area contributed by atoms with Crippen molar-refractivity contribution in [3.05, 3.63) is 23.8 Å². The van der Waals surface area contributed by atoms with Gasteiger partial charge in [-0.1, -0.05) is 6.07 Å². The molecule has 0 spiro atoms. The Morgan fingerprint density at radius 3 is 1.69 bits per heavy atom. The molecule has 2 aliphatic rings. The van der Waals surface area contributed by atoms with Crippen molar-refractivity contribution in [2.24, 2.45) is 0 Å². The quantitative estimate of drug-likeness (QED) is 0.290. The Morgan fingerprint density at radius 1 is 0.690 bits per heavy atom. The van der Waals surface area contributed by atoms with Gasteiger partial charge in [0.15, 0.2) is 12.5 Å². The monoisotopic (exact) mass is 414 g/mol. The van der Waals surface area contributed by atoms with Crippen molar-refractivity contribution in [2.45, 2.75) is 82.1 Å². The first kappa shape index (κ1) is 22.2. The van der Waals surface area contributed by atoms with Gasteiger partial charge in [-0.25, -0.2) is 0 Å². The molecule has 10 heteroatoms. The van der Waals surface area contributed by atoms with Crippen LogP contribution in [0.2, 0.25) is 0 Å². The predicted molar refractivity (Wildman–Crippen MR) is 103 cm³/mol. The molecule has 2 saturated heterocycles. The minimum Gasteiger partial charge on any atom is -0.388 e. The Kier molecular flexibility index (Phi) is 6.66. The number of hydrogen-bond acceptors (Lipinski definition) is 10. The van der Waals surface area contributed by atoms with Gasteiger partial charge in [-0.2, -0.15) is 0 Å². The summed E-state index contributed by atoms with van der Waals surface area (Å²) in [5.74, 6) is 0. The highest BCUT2D eigenvalue weighted by molar-refractivity contribution is 5.61. The number of aryl methyl sites for hydroxylation is 1. The SMILES string of the molecule is Cc1ccc(N[C@@H]2O[C@H](C)[C@H](O)[C@H](O)[C@@H]2O)cc1N[C@@H]1O[C@H](C)[C@H](O)[C@H](O)[C@@H]1O. The van der Waals surface area contributed by atoms with Crippen molar-refractivity contribution in [2.75, 3.05) is 10.6 Å². The smallest absolute Gasteiger partial charge is 0.157 e. The molecule has 0 unspecified atom stereocenters. The van der Waals surface area contributed by atoms with Gasteiger partial charge in [-0.05, 0) is 38.5 Å². The summed E-state index contributed by atoms with van der Waals surface area (Å²) in [5.41, 5.74) is 1.97. The topological polar surface area (TPSA) is 164 Å². The Morgan fingerprint density at radius 2 is 1.17 bits per heavy atom. The number of aliphatic hydroxyl groups excluding tert-OH is 6. The third-order valence-electron chi connectivity index (χ3n) is 5.55. The average Bonchev–Trinajstić information content (AvgIpc) is 2.69. The number of anilines is 2. The van der Waals surface area contributed by atoms with Crippen LogP contribution in [0.25, 0.3) is 0 Å². The molecule has 3 rings (SSSR count). The van der Waals surface area contributed by atoms with Crippen LogP contribution in [0.15, 0.2) is 18.2 Å². The molecule has 0 aromatic heterocycles. The highest BCUT2D eigenvalue weighted by atomic mass is 16.6. The molecule has 0 bridgehead atoms. The van der Waals surface area contributed by atoms with Crippen LogP contribution in [-0.4, -0.2) is 91.9 Å².